The number of hydrogen-bond acceptors (Lipinski definition) is 8. The summed E-state index contributed by atoms with van der Waals surface area (Å²) >= 11 is 0. The van der Waals surface area contributed by atoms with Crippen molar-refractivity contribution < 1.29 is 37.8 Å². The second-order valence-corrected chi connectivity index (χ2v) is 16.1. The van der Waals surface area contributed by atoms with Gasteiger partial charge in [0.2, 0.25) is 6.10 Å². The quantitative estimate of drug-likeness (QED) is 0.0263. The van der Waals surface area contributed by atoms with Crippen molar-refractivity contribution in [1.29, 1.82) is 0 Å². The SMILES string of the molecule is C=C(C)C(=O)[P+](=O)C(OCCCCCC)(OCCCCCC)C(OCCCCCC)C(OCCCCCC)(OCCCCCC)OCCCCCC. The van der Waals surface area contributed by atoms with E-state index in [0.29, 0.717) is 26.4 Å². The molecule has 0 amide bonds. The summed E-state index contributed by atoms with van der Waals surface area (Å²) in [6.45, 7) is 20.4. The molecule has 0 aromatic heterocycles. The minimum Gasteiger partial charge on any atom is -0.361 e. The molecule has 0 aromatic rings. The second kappa shape index (κ2) is 34.7. The number of carbonyl (C=O) groups excluding carboxylic acids is 1. The third-order valence-corrected chi connectivity index (χ3v) is 11.1. The van der Waals surface area contributed by atoms with E-state index in [1.165, 1.54) is 0 Å². The summed E-state index contributed by atoms with van der Waals surface area (Å²) in [6.07, 6.45) is 22.2. The van der Waals surface area contributed by atoms with Gasteiger partial charge < -0.3 is 28.4 Å². The third-order valence-electron chi connectivity index (χ3n) is 9.28. The number of allylic oxidation sites excluding steroid dienone is 1. The fourth-order valence-electron chi connectivity index (χ4n) is 5.97. The second-order valence-electron chi connectivity index (χ2n) is 14.5. The summed E-state index contributed by atoms with van der Waals surface area (Å²) in [4.78, 5) is 13.9. The molecule has 0 spiro atoms. The standard InChI is InChI=1S/C43H84O8P/c1-9-15-21-27-33-46-41(42(47-34-28-22-16-10-2,48-35-29-23-17-11-3)49-36-30-24-18-12-4)43(50-37-31-25-19-13-5,51-38-32-26-20-14-6)52(45)40(44)39(7)8/h41H,7,9-38H2,1-6,8H3/q+1. The number of carbonyl (C=O) groups is 1. The van der Waals surface area contributed by atoms with Crippen molar-refractivity contribution in [3.63, 3.8) is 0 Å². The Morgan fingerprint density at radius 1 is 0.481 bits per heavy atom. The van der Waals surface area contributed by atoms with Crippen molar-refractivity contribution in [3.8, 4) is 0 Å². The lowest BCUT2D eigenvalue weighted by Crippen LogP contribution is -2.63. The summed E-state index contributed by atoms with van der Waals surface area (Å²) in [6, 6.07) is 0. The first-order chi connectivity index (χ1) is 25.3. The molecule has 0 aliphatic rings. The van der Waals surface area contributed by atoms with Crippen molar-refractivity contribution in [2.75, 3.05) is 39.6 Å². The molecule has 0 heterocycles. The van der Waals surface area contributed by atoms with Crippen molar-refractivity contribution in [3.05, 3.63) is 12.2 Å². The van der Waals surface area contributed by atoms with Gasteiger partial charge in [0, 0.05) is 12.2 Å². The molecule has 0 fully saturated rings. The van der Waals surface area contributed by atoms with Crippen molar-refractivity contribution in [2.45, 2.75) is 220 Å². The number of rotatable bonds is 41. The highest BCUT2D eigenvalue weighted by Gasteiger charge is 2.71. The molecule has 0 saturated carbocycles. The summed E-state index contributed by atoms with van der Waals surface area (Å²) in [5.74, 6) is -1.80. The smallest absolute Gasteiger partial charge is 0.361 e. The maximum Gasteiger partial charge on any atom is 0.489 e. The first kappa shape index (κ1) is 51.3. The number of unbranched alkanes of at least 4 members (excludes halogenated alkanes) is 18. The van der Waals surface area contributed by atoms with E-state index in [1.807, 2.05) is 0 Å². The first-order valence-electron chi connectivity index (χ1n) is 21.7. The molecule has 9 heteroatoms. The Morgan fingerprint density at radius 2 is 0.769 bits per heavy atom. The lowest BCUT2D eigenvalue weighted by Gasteiger charge is -2.43. The maximum atomic E-state index is 15.0. The summed E-state index contributed by atoms with van der Waals surface area (Å²) in [5.41, 5.74) is -2.42. The maximum absolute atomic E-state index is 15.0. The van der Waals surface area contributed by atoms with Gasteiger partial charge in [0.05, 0.1) is 33.0 Å². The average molecular weight is 760 g/mol. The lowest BCUT2D eigenvalue weighted by atomic mass is 10.2. The lowest BCUT2D eigenvalue weighted by molar-refractivity contribution is -0.447. The van der Waals surface area contributed by atoms with Crippen LogP contribution in [0.25, 0.3) is 0 Å². The summed E-state index contributed by atoms with van der Waals surface area (Å²) < 4.78 is 55.8. The summed E-state index contributed by atoms with van der Waals surface area (Å²) in [7, 11) is -2.88. The van der Waals surface area contributed by atoms with E-state index in [-0.39, 0.29) is 18.8 Å². The fraction of sp³-hybridized carbons (Fsp3) is 0.930. The monoisotopic (exact) mass is 760 g/mol. The number of hydrogen-bond donors (Lipinski definition) is 0. The zero-order valence-electron chi connectivity index (χ0n) is 35.2. The predicted octanol–water partition coefficient (Wildman–Crippen LogP) is 13.2. The Hall–Kier alpha value is -0.730. The Bertz CT molecular complexity index is 816. The van der Waals surface area contributed by atoms with Crippen molar-refractivity contribution in [2.24, 2.45) is 0 Å². The van der Waals surface area contributed by atoms with Gasteiger partial charge >= 0.3 is 24.8 Å². The number of ether oxygens (including phenoxy) is 6. The predicted molar refractivity (Wildman–Crippen MR) is 217 cm³/mol. The van der Waals surface area contributed by atoms with E-state index in [2.05, 4.69) is 48.1 Å². The highest BCUT2D eigenvalue weighted by molar-refractivity contribution is 7.65. The zero-order valence-corrected chi connectivity index (χ0v) is 36.1. The average Bonchev–Trinajstić information content (AvgIpc) is 3.14. The van der Waals surface area contributed by atoms with Gasteiger partial charge in [-0.15, -0.1) is 0 Å². The normalized spacial score (nSPS) is 13.1. The molecule has 52 heavy (non-hydrogen) atoms. The molecule has 0 rings (SSSR count). The van der Waals surface area contributed by atoms with E-state index in [0.717, 1.165) is 154 Å². The summed E-state index contributed by atoms with van der Waals surface area (Å²) in [5, 5.41) is 0. The molecule has 2 unspecified atom stereocenters. The highest BCUT2D eigenvalue weighted by Crippen LogP contribution is 2.51. The molecule has 0 saturated heterocycles. The van der Waals surface area contributed by atoms with Gasteiger partial charge in [-0.05, 0) is 45.4 Å². The molecular weight excluding hydrogens is 675 g/mol. The van der Waals surface area contributed by atoms with Crippen molar-refractivity contribution >= 4 is 13.3 Å². The Kier molecular flexibility index (Phi) is 34.3. The van der Waals surface area contributed by atoms with E-state index >= 15 is 0 Å². The van der Waals surface area contributed by atoms with Gasteiger partial charge in [0.1, 0.15) is 0 Å². The van der Waals surface area contributed by atoms with Crippen LogP contribution >= 0.6 is 7.80 Å². The third kappa shape index (κ3) is 22.0. The topological polar surface area (TPSA) is 89.5 Å². The Labute approximate surface area is 322 Å². The minimum atomic E-state index is -2.88. The van der Waals surface area contributed by atoms with E-state index in [1.54, 1.807) is 6.92 Å². The molecule has 0 aromatic carbocycles. The van der Waals surface area contributed by atoms with Gasteiger partial charge in [0.15, 0.2) is 0 Å². The van der Waals surface area contributed by atoms with Crippen LogP contribution in [0.2, 0.25) is 0 Å². The van der Waals surface area contributed by atoms with E-state index < -0.39 is 30.9 Å². The molecule has 0 aliphatic carbocycles. The van der Waals surface area contributed by atoms with Crippen LogP contribution in [0, 0.1) is 0 Å². The van der Waals surface area contributed by atoms with Crippen LogP contribution < -0.4 is 0 Å². The van der Waals surface area contributed by atoms with Crippen LogP contribution in [0.3, 0.4) is 0 Å². The van der Waals surface area contributed by atoms with Crippen LogP contribution in [-0.2, 0) is 37.8 Å². The van der Waals surface area contributed by atoms with Crippen LogP contribution in [0.4, 0.5) is 0 Å². The molecule has 8 nitrogen and oxygen atoms in total. The van der Waals surface area contributed by atoms with Gasteiger partial charge in [-0.2, -0.15) is 0 Å². The molecule has 308 valence electrons. The van der Waals surface area contributed by atoms with Gasteiger partial charge in [0.25, 0.3) is 0 Å². The van der Waals surface area contributed by atoms with Gasteiger partial charge in [-0.3, -0.25) is 0 Å². The van der Waals surface area contributed by atoms with Gasteiger partial charge in [-0.1, -0.05) is 168 Å². The first-order valence-corrected chi connectivity index (χ1v) is 23.0. The molecule has 0 radical (unpaired) electrons. The van der Waals surface area contributed by atoms with Crippen molar-refractivity contribution in [1.82, 2.24) is 0 Å². The zero-order chi connectivity index (χ0) is 38.8. The molecule has 2 atom stereocenters. The Balaban J connectivity index is 7.49. The van der Waals surface area contributed by atoms with Crippen LogP contribution in [0.15, 0.2) is 12.2 Å². The van der Waals surface area contributed by atoms with E-state index in [4.69, 9.17) is 28.4 Å². The molecule has 0 bridgehead atoms. The fourth-order valence-corrected chi connectivity index (χ4v) is 7.46. The van der Waals surface area contributed by atoms with E-state index in [9.17, 15) is 9.36 Å². The minimum absolute atomic E-state index is 0.184. The largest absolute Gasteiger partial charge is 0.489 e. The molecule has 0 aliphatic heterocycles. The Morgan fingerprint density at radius 3 is 1.06 bits per heavy atom. The molecular formula is C43H84O8P+. The highest BCUT2D eigenvalue weighted by atomic mass is 31.1. The van der Waals surface area contributed by atoms with Gasteiger partial charge in [-0.25, -0.2) is 4.79 Å². The molecule has 0 N–H and O–H groups in total. The van der Waals surface area contributed by atoms with Crippen LogP contribution in [0.1, 0.15) is 203 Å². The van der Waals surface area contributed by atoms with Crippen LogP contribution in [-0.4, -0.2) is 62.8 Å². The van der Waals surface area contributed by atoms with Crippen LogP contribution in [0.5, 0.6) is 0 Å².